The number of aliphatic hydroxyl groups is 1. The SMILES string of the molecule is COc1cccc(CCC(=O)N2CCC[C@H]2CO)c1. The van der Waals surface area contributed by atoms with Gasteiger partial charge in [-0.3, -0.25) is 4.79 Å². The molecule has 1 fully saturated rings. The van der Waals surface area contributed by atoms with Gasteiger partial charge in [0.1, 0.15) is 5.75 Å². The maximum atomic E-state index is 12.1. The van der Waals surface area contributed by atoms with Crippen molar-refractivity contribution in [3.05, 3.63) is 29.8 Å². The Morgan fingerprint density at radius 3 is 3.11 bits per heavy atom. The number of amides is 1. The van der Waals surface area contributed by atoms with E-state index < -0.39 is 0 Å². The zero-order valence-electron chi connectivity index (χ0n) is 11.3. The minimum atomic E-state index is 0.0257. The van der Waals surface area contributed by atoms with Crippen LogP contribution in [-0.2, 0) is 11.2 Å². The number of carbonyl (C=O) groups is 1. The lowest BCUT2D eigenvalue weighted by atomic mass is 10.1. The molecule has 1 saturated heterocycles. The summed E-state index contributed by atoms with van der Waals surface area (Å²) in [5.74, 6) is 0.957. The van der Waals surface area contributed by atoms with Gasteiger partial charge >= 0.3 is 0 Å². The lowest BCUT2D eigenvalue weighted by Crippen LogP contribution is -2.37. The van der Waals surface area contributed by atoms with Crippen molar-refractivity contribution < 1.29 is 14.6 Å². The first-order valence-corrected chi connectivity index (χ1v) is 6.78. The molecule has 1 heterocycles. The summed E-state index contributed by atoms with van der Waals surface area (Å²) in [5, 5.41) is 9.23. The van der Waals surface area contributed by atoms with Crippen molar-refractivity contribution >= 4 is 5.91 Å². The number of aliphatic hydroxyl groups excluding tert-OH is 1. The normalized spacial score (nSPS) is 18.6. The van der Waals surface area contributed by atoms with Crippen LogP contribution in [0.4, 0.5) is 0 Å². The Bertz CT molecular complexity index is 433. The molecule has 1 amide bonds. The van der Waals surface area contributed by atoms with E-state index in [1.54, 1.807) is 7.11 Å². The fraction of sp³-hybridized carbons (Fsp3) is 0.533. The topological polar surface area (TPSA) is 49.8 Å². The fourth-order valence-electron chi connectivity index (χ4n) is 2.58. The van der Waals surface area contributed by atoms with Crippen LogP contribution in [0.1, 0.15) is 24.8 Å². The Morgan fingerprint density at radius 2 is 2.37 bits per heavy atom. The molecule has 0 saturated carbocycles. The number of hydrogen-bond donors (Lipinski definition) is 1. The number of benzene rings is 1. The second kappa shape index (κ2) is 6.57. The second-order valence-corrected chi connectivity index (χ2v) is 4.92. The summed E-state index contributed by atoms with van der Waals surface area (Å²) in [6, 6.07) is 7.82. The van der Waals surface area contributed by atoms with E-state index in [1.165, 1.54) is 0 Å². The lowest BCUT2D eigenvalue weighted by molar-refractivity contribution is -0.132. The van der Waals surface area contributed by atoms with E-state index in [9.17, 15) is 9.90 Å². The molecular formula is C15H21NO3. The minimum Gasteiger partial charge on any atom is -0.497 e. The highest BCUT2D eigenvalue weighted by Crippen LogP contribution is 2.19. The van der Waals surface area contributed by atoms with E-state index in [2.05, 4.69) is 0 Å². The van der Waals surface area contributed by atoms with E-state index in [4.69, 9.17) is 4.74 Å². The third-order valence-corrected chi connectivity index (χ3v) is 3.67. The van der Waals surface area contributed by atoms with Gasteiger partial charge in [0.05, 0.1) is 19.8 Å². The summed E-state index contributed by atoms with van der Waals surface area (Å²) in [6.07, 6.45) is 3.12. The number of methoxy groups -OCH3 is 1. The smallest absolute Gasteiger partial charge is 0.223 e. The molecule has 104 valence electrons. The van der Waals surface area contributed by atoms with Crippen molar-refractivity contribution in [2.45, 2.75) is 31.7 Å². The molecule has 1 aromatic rings. The largest absolute Gasteiger partial charge is 0.497 e. The number of nitrogens with zero attached hydrogens (tertiary/aromatic N) is 1. The van der Waals surface area contributed by atoms with E-state index in [1.807, 2.05) is 29.2 Å². The van der Waals surface area contributed by atoms with Gasteiger partial charge in [0, 0.05) is 13.0 Å². The fourth-order valence-corrected chi connectivity index (χ4v) is 2.58. The lowest BCUT2D eigenvalue weighted by Gasteiger charge is -2.23. The molecule has 1 aromatic carbocycles. The Hall–Kier alpha value is -1.55. The van der Waals surface area contributed by atoms with Crippen LogP contribution in [0.5, 0.6) is 5.75 Å². The van der Waals surface area contributed by atoms with Gasteiger partial charge in [-0.15, -0.1) is 0 Å². The Morgan fingerprint density at radius 1 is 1.53 bits per heavy atom. The van der Waals surface area contributed by atoms with Crippen LogP contribution in [0.25, 0.3) is 0 Å². The van der Waals surface area contributed by atoms with Gasteiger partial charge in [-0.25, -0.2) is 0 Å². The summed E-state index contributed by atoms with van der Waals surface area (Å²) in [6.45, 7) is 0.854. The Balaban J connectivity index is 1.89. The average Bonchev–Trinajstić information content (AvgIpc) is 2.93. The molecule has 0 unspecified atom stereocenters. The van der Waals surface area contributed by atoms with Crippen molar-refractivity contribution in [2.75, 3.05) is 20.3 Å². The Labute approximate surface area is 114 Å². The van der Waals surface area contributed by atoms with Crippen molar-refractivity contribution in [3.8, 4) is 5.75 Å². The maximum absolute atomic E-state index is 12.1. The van der Waals surface area contributed by atoms with Gasteiger partial charge in [-0.05, 0) is 37.0 Å². The molecule has 19 heavy (non-hydrogen) atoms. The number of carbonyl (C=O) groups excluding carboxylic acids is 1. The standard InChI is InChI=1S/C15H21NO3/c1-19-14-6-2-4-12(10-14)7-8-15(18)16-9-3-5-13(16)11-17/h2,4,6,10,13,17H,3,5,7-9,11H2,1H3/t13-/m0/s1. The van der Waals surface area contributed by atoms with E-state index >= 15 is 0 Å². The molecule has 1 atom stereocenters. The van der Waals surface area contributed by atoms with Crippen molar-refractivity contribution in [3.63, 3.8) is 0 Å². The number of hydrogen-bond acceptors (Lipinski definition) is 3. The minimum absolute atomic E-state index is 0.0257. The molecule has 4 heteroatoms. The molecule has 0 aliphatic carbocycles. The number of ether oxygens (including phenoxy) is 1. The summed E-state index contributed by atoms with van der Waals surface area (Å²) in [7, 11) is 1.64. The third kappa shape index (κ3) is 3.47. The van der Waals surface area contributed by atoms with Gasteiger partial charge < -0.3 is 14.7 Å². The third-order valence-electron chi connectivity index (χ3n) is 3.67. The van der Waals surface area contributed by atoms with Crippen LogP contribution in [0.2, 0.25) is 0 Å². The van der Waals surface area contributed by atoms with Crippen molar-refractivity contribution in [1.82, 2.24) is 4.90 Å². The van der Waals surface area contributed by atoms with Gasteiger partial charge in [0.25, 0.3) is 0 Å². The van der Waals surface area contributed by atoms with E-state index in [-0.39, 0.29) is 18.6 Å². The van der Waals surface area contributed by atoms with Crippen LogP contribution in [-0.4, -0.2) is 42.2 Å². The molecular weight excluding hydrogens is 242 g/mol. The quantitative estimate of drug-likeness (QED) is 0.878. The molecule has 1 aliphatic rings. The van der Waals surface area contributed by atoms with E-state index in [0.29, 0.717) is 12.8 Å². The predicted molar refractivity (Wildman–Crippen MR) is 73.1 cm³/mol. The number of likely N-dealkylation sites (tertiary alicyclic amines) is 1. The Kier molecular flexibility index (Phi) is 4.80. The molecule has 0 aromatic heterocycles. The zero-order chi connectivity index (χ0) is 13.7. The average molecular weight is 263 g/mol. The van der Waals surface area contributed by atoms with Crippen LogP contribution < -0.4 is 4.74 Å². The molecule has 1 aliphatic heterocycles. The number of aryl methyl sites for hydroxylation is 1. The second-order valence-electron chi connectivity index (χ2n) is 4.92. The predicted octanol–water partition coefficient (Wildman–Crippen LogP) is 1.61. The molecule has 4 nitrogen and oxygen atoms in total. The molecule has 0 bridgehead atoms. The summed E-state index contributed by atoms with van der Waals surface area (Å²) >= 11 is 0. The highest BCUT2D eigenvalue weighted by Gasteiger charge is 2.27. The van der Waals surface area contributed by atoms with Gasteiger partial charge in [0.15, 0.2) is 0 Å². The van der Waals surface area contributed by atoms with Crippen LogP contribution in [0.15, 0.2) is 24.3 Å². The highest BCUT2D eigenvalue weighted by molar-refractivity contribution is 5.77. The van der Waals surface area contributed by atoms with E-state index in [0.717, 1.165) is 30.7 Å². The first-order chi connectivity index (χ1) is 9.24. The molecule has 0 radical (unpaired) electrons. The van der Waals surface area contributed by atoms with Gasteiger partial charge in [0.2, 0.25) is 5.91 Å². The van der Waals surface area contributed by atoms with Crippen molar-refractivity contribution in [2.24, 2.45) is 0 Å². The van der Waals surface area contributed by atoms with Gasteiger partial charge in [-0.1, -0.05) is 12.1 Å². The summed E-state index contributed by atoms with van der Waals surface area (Å²) in [5.41, 5.74) is 1.10. The molecule has 2 rings (SSSR count). The summed E-state index contributed by atoms with van der Waals surface area (Å²) < 4.78 is 5.17. The van der Waals surface area contributed by atoms with Crippen molar-refractivity contribution in [1.29, 1.82) is 0 Å². The first-order valence-electron chi connectivity index (χ1n) is 6.78. The van der Waals surface area contributed by atoms with Crippen LogP contribution >= 0.6 is 0 Å². The molecule has 0 spiro atoms. The first kappa shape index (κ1) is 13.9. The summed E-state index contributed by atoms with van der Waals surface area (Å²) in [4.78, 5) is 13.9. The number of rotatable bonds is 5. The molecule has 1 N–H and O–H groups in total. The zero-order valence-corrected chi connectivity index (χ0v) is 11.3. The van der Waals surface area contributed by atoms with Gasteiger partial charge in [-0.2, -0.15) is 0 Å². The maximum Gasteiger partial charge on any atom is 0.223 e. The highest BCUT2D eigenvalue weighted by atomic mass is 16.5. The van der Waals surface area contributed by atoms with Crippen LogP contribution in [0.3, 0.4) is 0 Å². The monoisotopic (exact) mass is 263 g/mol. The van der Waals surface area contributed by atoms with Crippen LogP contribution in [0, 0.1) is 0 Å².